The lowest BCUT2D eigenvalue weighted by molar-refractivity contribution is -0.128. The Morgan fingerprint density at radius 1 is 0.757 bits per heavy atom. The van der Waals surface area contributed by atoms with E-state index in [0.29, 0.717) is 24.4 Å². The minimum Gasteiger partial charge on any atom is -0.396 e. The van der Waals surface area contributed by atoms with Gasteiger partial charge in [0.25, 0.3) is 0 Å². The largest absolute Gasteiger partial charge is 0.396 e. The molecule has 0 bridgehead atoms. The monoisotopic (exact) mass is 533 g/mol. The summed E-state index contributed by atoms with van der Waals surface area (Å²) in [6.07, 6.45) is 5.35. The molecule has 226 valence electrons. The molecule has 0 spiro atoms. The van der Waals surface area contributed by atoms with Crippen LogP contribution in [0, 0.1) is 27.6 Å². The second-order valence-corrected chi connectivity index (χ2v) is 14.5. The quantitative estimate of drug-likeness (QED) is 0.276. The zero-order chi connectivity index (χ0) is 30.7. The predicted molar refractivity (Wildman–Crippen MR) is 162 cm³/mol. The molecule has 0 heterocycles. The van der Waals surface area contributed by atoms with Gasteiger partial charge in [0.15, 0.2) is 5.78 Å². The van der Waals surface area contributed by atoms with Gasteiger partial charge in [-0.15, -0.1) is 0 Å². The van der Waals surface area contributed by atoms with Crippen LogP contribution in [0.3, 0.4) is 0 Å². The number of carbonyl (C=O) groups is 2. The number of ketones is 1. The number of rotatable bonds is 8. The first-order valence-corrected chi connectivity index (χ1v) is 14.2. The number of nitrogens with one attached hydrogen (secondary N) is 1. The Hall–Kier alpha value is -0.980. The molecule has 5 N–H and O–H groups in total. The first-order valence-electron chi connectivity index (χ1n) is 14.2. The molecule has 1 amide bonds. The topological polar surface area (TPSA) is 113 Å². The Morgan fingerprint density at radius 3 is 1.35 bits per heavy atom. The Balaban J connectivity index is -0.000000199. The molecule has 6 nitrogen and oxygen atoms in total. The third kappa shape index (κ3) is 33.0. The molecule has 0 saturated carbocycles. The van der Waals surface area contributed by atoms with Gasteiger partial charge >= 0.3 is 0 Å². The van der Waals surface area contributed by atoms with Crippen LogP contribution in [0.5, 0.6) is 0 Å². The van der Waals surface area contributed by atoms with Crippen molar-refractivity contribution in [2.75, 3.05) is 19.8 Å². The maximum absolute atomic E-state index is 11.1. The standard InChI is InChI=1S/C9H19NO.C8H18O.C7H15NO2.C7H16/c1-5-6-10-8(11)7-9(2,3)4;1-5-7(6-9)8(2,3)4;1-7(2,3)6(10)5(8)4-9;1-5-6-7(2,3)4/h5-7H2,1-4H3,(H,10,11);7,9H,5-6H2,1-4H3;5,9H,4,8H2,1-3H3;5-6H2,1-4H3. The molecule has 0 saturated heterocycles. The van der Waals surface area contributed by atoms with E-state index < -0.39 is 11.5 Å². The van der Waals surface area contributed by atoms with Crippen molar-refractivity contribution in [2.45, 2.75) is 142 Å². The van der Waals surface area contributed by atoms with Gasteiger partial charge in [0, 0.05) is 25.0 Å². The fourth-order valence-electron chi connectivity index (χ4n) is 3.21. The molecule has 2 unspecified atom stereocenters. The number of carbonyl (C=O) groups excluding carboxylic acids is 2. The molecule has 0 aromatic rings. The Bertz CT molecular complexity index is 558. The number of amides is 1. The van der Waals surface area contributed by atoms with E-state index in [1.54, 1.807) is 20.8 Å². The van der Waals surface area contributed by atoms with Crippen molar-refractivity contribution in [3.63, 3.8) is 0 Å². The minimum atomic E-state index is -0.722. The van der Waals surface area contributed by atoms with Gasteiger partial charge < -0.3 is 21.3 Å². The number of nitrogens with two attached hydrogens (primary N) is 1. The molecule has 0 aliphatic carbocycles. The van der Waals surface area contributed by atoms with E-state index in [1.165, 1.54) is 12.8 Å². The zero-order valence-corrected chi connectivity index (χ0v) is 27.6. The average molecular weight is 533 g/mol. The lowest BCUT2D eigenvalue weighted by Gasteiger charge is -2.27. The lowest BCUT2D eigenvalue weighted by atomic mass is 9.80. The highest BCUT2D eigenvalue weighted by Crippen LogP contribution is 2.27. The summed E-state index contributed by atoms with van der Waals surface area (Å²) in [6, 6.07) is -0.722. The maximum Gasteiger partial charge on any atom is 0.220 e. The van der Waals surface area contributed by atoms with Gasteiger partial charge in [-0.25, -0.2) is 0 Å². The highest BCUT2D eigenvalue weighted by molar-refractivity contribution is 5.88. The van der Waals surface area contributed by atoms with Crippen LogP contribution in [-0.2, 0) is 9.59 Å². The van der Waals surface area contributed by atoms with Crippen LogP contribution in [0.4, 0.5) is 0 Å². The fourth-order valence-corrected chi connectivity index (χ4v) is 3.21. The fraction of sp³-hybridized carbons (Fsp3) is 0.935. The molecule has 0 radical (unpaired) electrons. The highest BCUT2D eigenvalue weighted by Gasteiger charge is 2.26. The number of hydrogen-bond acceptors (Lipinski definition) is 5. The predicted octanol–water partition coefficient (Wildman–Crippen LogP) is 6.75. The summed E-state index contributed by atoms with van der Waals surface area (Å²) in [5, 5.41) is 20.2. The third-order valence-corrected chi connectivity index (χ3v) is 5.47. The molecule has 0 aromatic heterocycles. The van der Waals surface area contributed by atoms with Gasteiger partial charge in [-0.2, -0.15) is 0 Å². The molecule has 0 rings (SSSR count). The summed E-state index contributed by atoms with van der Waals surface area (Å²) >= 11 is 0. The van der Waals surface area contributed by atoms with Crippen molar-refractivity contribution in [3.05, 3.63) is 0 Å². The molecule has 0 fully saturated rings. The van der Waals surface area contributed by atoms with Crippen LogP contribution in [-0.4, -0.2) is 47.7 Å². The van der Waals surface area contributed by atoms with Crippen LogP contribution in [0.15, 0.2) is 0 Å². The molecule has 6 heteroatoms. The van der Waals surface area contributed by atoms with Crippen molar-refractivity contribution in [2.24, 2.45) is 33.3 Å². The normalized spacial score (nSPS) is 13.5. The second-order valence-electron chi connectivity index (χ2n) is 14.5. The SMILES string of the molecule is CC(C)(C)C(=O)C(N)CO.CCC(CO)C(C)(C)C.CCCC(C)(C)C.CCCNC(=O)CC(C)(C)C. The van der Waals surface area contributed by atoms with Crippen LogP contribution in [0.25, 0.3) is 0 Å². The highest BCUT2D eigenvalue weighted by atomic mass is 16.3. The lowest BCUT2D eigenvalue weighted by Crippen LogP contribution is -2.41. The van der Waals surface area contributed by atoms with Crippen molar-refractivity contribution >= 4 is 11.7 Å². The molecular weight excluding hydrogens is 464 g/mol. The smallest absolute Gasteiger partial charge is 0.220 e. The summed E-state index contributed by atoms with van der Waals surface area (Å²) < 4.78 is 0. The number of hydrogen-bond donors (Lipinski definition) is 4. The van der Waals surface area contributed by atoms with E-state index in [-0.39, 0.29) is 29.1 Å². The summed E-state index contributed by atoms with van der Waals surface area (Å²) in [5.74, 6) is 0.520. The zero-order valence-electron chi connectivity index (χ0n) is 27.6. The first-order chi connectivity index (χ1) is 16.4. The van der Waals surface area contributed by atoms with Gasteiger partial charge in [0.2, 0.25) is 5.91 Å². The molecule has 0 aromatic carbocycles. The van der Waals surface area contributed by atoms with Crippen molar-refractivity contribution in [1.29, 1.82) is 0 Å². The van der Waals surface area contributed by atoms with Gasteiger partial charge in [-0.3, -0.25) is 9.59 Å². The van der Waals surface area contributed by atoms with E-state index in [9.17, 15) is 9.59 Å². The maximum atomic E-state index is 11.1. The molecule has 37 heavy (non-hydrogen) atoms. The summed E-state index contributed by atoms with van der Waals surface area (Å²) in [4.78, 5) is 22.2. The molecule has 0 aliphatic heterocycles. The van der Waals surface area contributed by atoms with E-state index in [1.807, 2.05) is 0 Å². The van der Waals surface area contributed by atoms with E-state index in [0.717, 1.165) is 19.4 Å². The average Bonchev–Trinajstić information content (AvgIpc) is 2.69. The van der Waals surface area contributed by atoms with Crippen LogP contribution in [0.2, 0.25) is 0 Å². The van der Waals surface area contributed by atoms with E-state index in [2.05, 4.69) is 88.4 Å². The Labute approximate surface area is 232 Å². The number of aliphatic hydroxyl groups is 2. The van der Waals surface area contributed by atoms with E-state index in [4.69, 9.17) is 15.9 Å². The minimum absolute atomic E-state index is 0.102. The summed E-state index contributed by atoms with van der Waals surface area (Å²) in [7, 11) is 0. The van der Waals surface area contributed by atoms with Crippen molar-refractivity contribution < 1.29 is 19.8 Å². The first kappa shape index (κ1) is 43.1. The number of aliphatic hydroxyl groups excluding tert-OH is 2. The third-order valence-electron chi connectivity index (χ3n) is 5.47. The van der Waals surface area contributed by atoms with Crippen LogP contribution in [0.1, 0.15) is 136 Å². The summed E-state index contributed by atoms with van der Waals surface area (Å²) in [6.45, 7) is 32.1. The van der Waals surface area contributed by atoms with Gasteiger partial charge in [-0.1, -0.05) is 117 Å². The molecular formula is C31H68N2O4. The molecule has 2 atom stereocenters. The van der Waals surface area contributed by atoms with Crippen molar-refractivity contribution in [3.8, 4) is 0 Å². The van der Waals surface area contributed by atoms with Crippen LogP contribution < -0.4 is 11.1 Å². The Kier molecular flexibility index (Phi) is 24.4. The van der Waals surface area contributed by atoms with Gasteiger partial charge in [0.1, 0.15) is 0 Å². The van der Waals surface area contributed by atoms with E-state index >= 15 is 0 Å². The van der Waals surface area contributed by atoms with Gasteiger partial charge in [0.05, 0.1) is 12.6 Å². The van der Waals surface area contributed by atoms with Gasteiger partial charge in [-0.05, 0) is 35.0 Å². The molecule has 0 aliphatic rings. The number of Topliss-reactive ketones (excluding diaryl/α,β-unsaturated/α-hetero) is 1. The van der Waals surface area contributed by atoms with Crippen LogP contribution >= 0.6 is 0 Å². The summed E-state index contributed by atoms with van der Waals surface area (Å²) in [5.41, 5.74) is 5.79. The second kappa shape index (κ2) is 20.9. The Morgan fingerprint density at radius 2 is 1.22 bits per heavy atom. The van der Waals surface area contributed by atoms with Crippen molar-refractivity contribution in [1.82, 2.24) is 5.32 Å².